The van der Waals surface area contributed by atoms with Crippen molar-refractivity contribution in [1.29, 1.82) is 0 Å². The zero-order valence-corrected chi connectivity index (χ0v) is 13.1. The molecule has 1 aliphatic rings. The van der Waals surface area contributed by atoms with E-state index in [9.17, 15) is 4.79 Å². The molecule has 0 radical (unpaired) electrons. The molecule has 1 aliphatic heterocycles. The van der Waals surface area contributed by atoms with Gasteiger partial charge in [0.25, 0.3) is 0 Å². The maximum absolute atomic E-state index is 12.0. The van der Waals surface area contributed by atoms with E-state index in [1.54, 1.807) is 11.8 Å². The van der Waals surface area contributed by atoms with Crippen molar-refractivity contribution in [2.75, 3.05) is 23.4 Å². The Hall–Kier alpha value is -0.940. The third kappa shape index (κ3) is 4.01. The first-order chi connectivity index (χ1) is 9.06. The summed E-state index contributed by atoms with van der Waals surface area (Å²) in [5.74, 6) is 1.51. The molecule has 0 aliphatic carbocycles. The Morgan fingerprint density at radius 3 is 2.63 bits per heavy atom. The zero-order valence-electron chi connectivity index (χ0n) is 11.4. The highest BCUT2D eigenvalue weighted by Gasteiger charge is 2.12. The third-order valence-corrected chi connectivity index (χ3v) is 5.08. The molecule has 0 atom stereocenters. The highest BCUT2D eigenvalue weighted by atomic mass is 32.2. The van der Waals surface area contributed by atoms with Crippen LogP contribution in [0.15, 0.2) is 17.1 Å². The van der Waals surface area contributed by atoms with Gasteiger partial charge in [0, 0.05) is 11.4 Å². The predicted molar refractivity (Wildman–Crippen MR) is 86.5 cm³/mol. The van der Waals surface area contributed by atoms with E-state index in [1.807, 2.05) is 13.8 Å². The zero-order chi connectivity index (χ0) is 13.8. The Morgan fingerprint density at radius 2 is 2.05 bits per heavy atom. The number of nitrogens with zero attached hydrogens (tertiary/aromatic N) is 1. The van der Waals surface area contributed by atoms with Crippen molar-refractivity contribution in [3.05, 3.63) is 28.8 Å². The molecule has 0 aromatic heterocycles. The number of benzene rings is 1. The Bertz CT molecular complexity index is 503. The fourth-order valence-electron chi connectivity index (χ4n) is 2.08. The summed E-state index contributed by atoms with van der Waals surface area (Å²) in [6.07, 6.45) is 0. The van der Waals surface area contributed by atoms with Crippen molar-refractivity contribution < 1.29 is 4.79 Å². The highest BCUT2D eigenvalue weighted by molar-refractivity contribution is 8.39. The molecule has 1 aromatic carbocycles. The van der Waals surface area contributed by atoms with Crippen molar-refractivity contribution in [2.45, 2.75) is 20.8 Å². The van der Waals surface area contributed by atoms with Crippen molar-refractivity contribution in [3.8, 4) is 0 Å². The van der Waals surface area contributed by atoms with Gasteiger partial charge >= 0.3 is 0 Å². The quantitative estimate of drug-likeness (QED) is 0.929. The lowest BCUT2D eigenvalue weighted by molar-refractivity contribution is -0.113. The molecule has 0 fully saturated rings. The molecule has 0 spiro atoms. The number of aliphatic imine (C=N–C) groups is 1. The molecular formula is C14H18N2OS2. The first kappa shape index (κ1) is 14.5. The maximum atomic E-state index is 12.0. The first-order valence-electron chi connectivity index (χ1n) is 6.24. The van der Waals surface area contributed by atoms with Crippen molar-refractivity contribution in [2.24, 2.45) is 4.99 Å². The van der Waals surface area contributed by atoms with Crippen LogP contribution >= 0.6 is 23.5 Å². The van der Waals surface area contributed by atoms with Gasteiger partial charge in [-0.3, -0.25) is 9.79 Å². The summed E-state index contributed by atoms with van der Waals surface area (Å²) in [5, 5.41) is 3.01. The Kier molecular flexibility index (Phi) is 4.93. The number of aryl methyl sites for hydroxylation is 3. The summed E-state index contributed by atoms with van der Waals surface area (Å²) >= 11 is 3.26. The molecule has 0 unspecified atom stereocenters. The Labute approximate surface area is 122 Å². The minimum absolute atomic E-state index is 0.0373. The molecule has 102 valence electrons. The molecule has 19 heavy (non-hydrogen) atoms. The number of rotatable bonds is 3. The Morgan fingerprint density at radius 1 is 1.37 bits per heavy atom. The van der Waals surface area contributed by atoms with Gasteiger partial charge in [-0.25, -0.2) is 0 Å². The van der Waals surface area contributed by atoms with Crippen molar-refractivity contribution in [3.63, 3.8) is 0 Å². The molecule has 0 saturated heterocycles. The highest BCUT2D eigenvalue weighted by Crippen LogP contribution is 2.24. The number of carbonyl (C=O) groups is 1. The number of hydrogen-bond acceptors (Lipinski definition) is 4. The first-order valence-corrected chi connectivity index (χ1v) is 8.21. The lowest BCUT2D eigenvalue weighted by atomic mass is 10.1. The van der Waals surface area contributed by atoms with Crippen LogP contribution in [0, 0.1) is 20.8 Å². The van der Waals surface area contributed by atoms with Gasteiger partial charge in [-0.05, 0) is 31.9 Å². The van der Waals surface area contributed by atoms with E-state index < -0.39 is 0 Å². The second-order valence-electron chi connectivity index (χ2n) is 4.61. The summed E-state index contributed by atoms with van der Waals surface area (Å²) in [6.45, 7) is 7.00. The van der Waals surface area contributed by atoms with Crippen LogP contribution in [0.4, 0.5) is 5.69 Å². The largest absolute Gasteiger partial charge is 0.325 e. The number of thioether (sulfide) groups is 2. The molecule has 3 nitrogen and oxygen atoms in total. The predicted octanol–water partition coefficient (Wildman–Crippen LogP) is 3.39. The smallest absolute Gasteiger partial charge is 0.234 e. The number of anilines is 1. The van der Waals surface area contributed by atoms with Crippen molar-refractivity contribution in [1.82, 2.24) is 0 Å². The van der Waals surface area contributed by atoms with Crippen LogP contribution in [0.5, 0.6) is 0 Å². The Balaban J connectivity index is 1.95. The summed E-state index contributed by atoms with van der Waals surface area (Å²) in [7, 11) is 0. The van der Waals surface area contributed by atoms with Crippen LogP contribution in [-0.2, 0) is 4.79 Å². The van der Waals surface area contributed by atoms with Crippen LogP contribution in [0.1, 0.15) is 16.7 Å². The van der Waals surface area contributed by atoms with Gasteiger partial charge in [0.05, 0.1) is 12.3 Å². The molecular weight excluding hydrogens is 276 g/mol. The summed E-state index contributed by atoms with van der Waals surface area (Å²) in [6, 6.07) is 4.18. The lowest BCUT2D eigenvalue weighted by Gasteiger charge is -2.12. The monoisotopic (exact) mass is 294 g/mol. The second-order valence-corrected chi connectivity index (χ2v) is 6.91. The SMILES string of the molecule is Cc1cc(C)c(NC(=O)CSC2=NCCS2)c(C)c1. The number of amides is 1. The van der Waals surface area contributed by atoms with Gasteiger partial charge in [-0.2, -0.15) is 0 Å². The van der Waals surface area contributed by atoms with Gasteiger partial charge in [-0.15, -0.1) is 0 Å². The molecule has 0 bridgehead atoms. The average molecular weight is 294 g/mol. The molecule has 1 N–H and O–H groups in total. The average Bonchev–Trinajstić information content (AvgIpc) is 2.84. The summed E-state index contributed by atoms with van der Waals surface area (Å²) in [4.78, 5) is 16.3. The van der Waals surface area contributed by atoms with Crippen LogP contribution < -0.4 is 5.32 Å². The lowest BCUT2D eigenvalue weighted by Crippen LogP contribution is -2.16. The van der Waals surface area contributed by atoms with Gasteiger partial charge in [0.2, 0.25) is 5.91 Å². The topological polar surface area (TPSA) is 41.5 Å². The number of hydrogen-bond donors (Lipinski definition) is 1. The number of nitrogens with one attached hydrogen (secondary N) is 1. The molecule has 1 aromatic rings. The second kappa shape index (κ2) is 6.48. The minimum Gasteiger partial charge on any atom is -0.325 e. The van der Waals surface area contributed by atoms with Gasteiger partial charge < -0.3 is 5.32 Å². The van der Waals surface area contributed by atoms with Crippen LogP contribution in [0.3, 0.4) is 0 Å². The normalized spacial score (nSPS) is 14.4. The van der Waals surface area contributed by atoms with Gasteiger partial charge in [-0.1, -0.05) is 41.2 Å². The van der Waals surface area contributed by atoms with E-state index in [0.29, 0.717) is 5.75 Å². The summed E-state index contributed by atoms with van der Waals surface area (Å²) in [5.41, 5.74) is 4.39. The van der Waals surface area contributed by atoms with E-state index in [4.69, 9.17) is 0 Å². The van der Waals surface area contributed by atoms with Crippen molar-refractivity contribution >= 4 is 39.5 Å². The van der Waals surface area contributed by atoms with E-state index >= 15 is 0 Å². The third-order valence-electron chi connectivity index (χ3n) is 2.83. The summed E-state index contributed by atoms with van der Waals surface area (Å²) < 4.78 is 1.03. The van der Waals surface area contributed by atoms with E-state index in [1.165, 1.54) is 17.3 Å². The fourth-order valence-corrected chi connectivity index (χ4v) is 3.89. The van der Waals surface area contributed by atoms with E-state index in [2.05, 4.69) is 29.4 Å². The van der Waals surface area contributed by atoms with E-state index in [0.717, 1.165) is 33.5 Å². The van der Waals surface area contributed by atoms with Crippen LogP contribution in [-0.4, -0.2) is 28.3 Å². The minimum atomic E-state index is 0.0373. The van der Waals surface area contributed by atoms with Gasteiger partial charge in [0.1, 0.15) is 4.38 Å². The standard InChI is InChI=1S/C14H18N2OS2/c1-9-6-10(2)13(11(3)7-9)16-12(17)8-19-14-15-4-5-18-14/h6-7H,4-5,8H2,1-3H3,(H,16,17). The molecule has 2 rings (SSSR count). The van der Waals surface area contributed by atoms with Crippen LogP contribution in [0.25, 0.3) is 0 Å². The maximum Gasteiger partial charge on any atom is 0.234 e. The van der Waals surface area contributed by atoms with Crippen LogP contribution in [0.2, 0.25) is 0 Å². The van der Waals surface area contributed by atoms with Gasteiger partial charge in [0.15, 0.2) is 0 Å². The fraction of sp³-hybridized carbons (Fsp3) is 0.429. The molecule has 5 heteroatoms. The van der Waals surface area contributed by atoms with E-state index in [-0.39, 0.29) is 5.91 Å². The molecule has 0 saturated carbocycles. The number of carbonyl (C=O) groups excluding carboxylic acids is 1. The molecule has 1 heterocycles. The molecule has 1 amide bonds.